The quantitative estimate of drug-likeness (QED) is 0.707. The van der Waals surface area contributed by atoms with Gasteiger partial charge < -0.3 is 10.4 Å². The van der Waals surface area contributed by atoms with Crippen molar-refractivity contribution < 1.29 is 23.1 Å². The summed E-state index contributed by atoms with van der Waals surface area (Å²) >= 11 is 0. The van der Waals surface area contributed by atoms with Gasteiger partial charge in [0, 0.05) is 11.4 Å². The average Bonchev–Trinajstić information content (AvgIpc) is 2.47. The van der Waals surface area contributed by atoms with E-state index in [1.807, 2.05) is 6.08 Å². The van der Waals surface area contributed by atoms with Gasteiger partial charge in [-0.05, 0) is 37.1 Å². The van der Waals surface area contributed by atoms with Crippen LogP contribution in [0.4, 0.5) is 11.4 Å². The molecule has 0 aliphatic heterocycles. The lowest BCUT2D eigenvalue weighted by Crippen LogP contribution is -2.34. The van der Waals surface area contributed by atoms with Crippen LogP contribution >= 0.6 is 0 Å². The summed E-state index contributed by atoms with van der Waals surface area (Å²) in [5.41, 5.74) is 0.863. The highest BCUT2D eigenvalue weighted by atomic mass is 32.2. The van der Waals surface area contributed by atoms with Gasteiger partial charge in [0.2, 0.25) is 15.9 Å². The van der Waals surface area contributed by atoms with E-state index in [0.29, 0.717) is 24.2 Å². The molecule has 124 valence electrons. The van der Waals surface area contributed by atoms with Gasteiger partial charge in [0.1, 0.15) is 0 Å². The molecule has 1 amide bonds. The van der Waals surface area contributed by atoms with Crippen molar-refractivity contribution in [2.75, 3.05) is 16.3 Å². The first kappa shape index (κ1) is 17.0. The number of carbonyl (C=O) groups excluding carboxylic acids is 1. The number of carboxylic acids is 1. The van der Waals surface area contributed by atoms with Crippen molar-refractivity contribution in [1.29, 1.82) is 0 Å². The third kappa shape index (κ3) is 4.82. The molecule has 23 heavy (non-hydrogen) atoms. The molecule has 0 fully saturated rings. The van der Waals surface area contributed by atoms with Crippen LogP contribution in [0.15, 0.2) is 36.4 Å². The summed E-state index contributed by atoms with van der Waals surface area (Å²) in [5.74, 6) is -2.69. The van der Waals surface area contributed by atoms with Gasteiger partial charge in [-0.2, -0.15) is 0 Å². The molecule has 7 nitrogen and oxygen atoms in total. The summed E-state index contributed by atoms with van der Waals surface area (Å²) in [6.45, 7) is 0. The maximum absolute atomic E-state index is 12.3. The minimum Gasteiger partial charge on any atom is -0.481 e. The normalized spacial score (nSPS) is 20.7. The molecule has 3 N–H and O–H groups in total. The second-order valence-corrected chi connectivity index (χ2v) is 7.18. The minimum atomic E-state index is -3.36. The highest BCUT2D eigenvalue weighted by Gasteiger charge is 2.33. The van der Waals surface area contributed by atoms with Crippen molar-refractivity contribution in [2.45, 2.75) is 12.8 Å². The molecule has 1 aliphatic rings. The Morgan fingerprint density at radius 2 is 1.57 bits per heavy atom. The number of anilines is 2. The third-order valence-electron chi connectivity index (χ3n) is 3.54. The Hall–Kier alpha value is -2.35. The predicted octanol–water partition coefficient (Wildman–Crippen LogP) is 1.66. The van der Waals surface area contributed by atoms with Crippen LogP contribution in [0.1, 0.15) is 12.8 Å². The van der Waals surface area contributed by atoms with E-state index in [1.54, 1.807) is 18.2 Å². The van der Waals surface area contributed by atoms with Crippen LogP contribution in [0, 0.1) is 11.8 Å². The van der Waals surface area contributed by atoms with Crippen LogP contribution in [0.25, 0.3) is 0 Å². The molecule has 0 aromatic heterocycles. The molecule has 1 aromatic rings. The van der Waals surface area contributed by atoms with Crippen molar-refractivity contribution in [2.24, 2.45) is 11.8 Å². The van der Waals surface area contributed by atoms with Crippen molar-refractivity contribution in [3.05, 3.63) is 36.4 Å². The number of benzene rings is 1. The Balaban J connectivity index is 2.05. The Labute approximate surface area is 134 Å². The van der Waals surface area contributed by atoms with Crippen LogP contribution in [-0.2, 0) is 19.6 Å². The van der Waals surface area contributed by atoms with E-state index in [0.717, 1.165) is 6.26 Å². The SMILES string of the molecule is CS(=O)(=O)Nc1ccc(NC(=O)[C@H]2CC=CC[C@H]2C(=O)O)cc1. The molecule has 1 aromatic carbocycles. The molecule has 0 radical (unpaired) electrons. The Bertz CT molecular complexity index is 725. The zero-order chi connectivity index (χ0) is 17.0. The summed E-state index contributed by atoms with van der Waals surface area (Å²) in [7, 11) is -3.36. The van der Waals surface area contributed by atoms with Gasteiger partial charge in [0.25, 0.3) is 0 Å². The summed E-state index contributed by atoms with van der Waals surface area (Å²) < 4.78 is 24.6. The summed E-state index contributed by atoms with van der Waals surface area (Å²) in [6.07, 6.45) is 5.35. The van der Waals surface area contributed by atoms with E-state index < -0.39 is 27.8 Å². The van der Waals surface area contributed by atoms with Crippen LogP contribution in [-0.4, -0.2) is 31.7 Å². The van der Waals surface area contributed by atoms with Gasteiger partial charge >= 0.3 is 5.97 Å². The summed E-state index contributed by atoms with van der Waals surface area (Å²) in [6, 6.07) is 6.15. The Morgan fingerprint density at radius 1 is 1.04 bits per heavy atom. The fourth-order valence-corrected chi connectivity index (χ4v) is 3.01. The van der Waals surface area contributed by atoms with Crippen molar-refractivity contribution >= 4 is 33.3 Å². The number of aliphatic carboxylic acids is 1. The van der Waals surface area contributed by atoms with Gasteiger partial charge in [-0.1, -0.05) is 12.2 Å². The zero-order valence-electron chi connectivity index (χ0n) is 12.5. The fourth-order valence-electron chi connectivity index (χ4n) is 2.45. The predicted molar refractivity (Wildman–Crippen MR) is 86.5 cm³/mol. The minimum absolute atomic E-state index is 0.338. The van der Waals surface area contributed by atoms with Gasteiger partial charge in [0.15, 0.2) is 0 Å². The molecule has 0 heterocycles. The number of nitrogens with one attached hydrogen (secondary N) is 2. The van der Waals surface area contributed by atoms with Gasteiger partial charge in [-0.3, -0.25) is 14.3 Å². The Kier molecular flexibility index (Phi) is 5.05. The van der Waals surface area contributed by atoms with E-state index in [-0.39, 0.29) is 5.91 Å². The van der Waals surface area contributed by atoms with E-state index in [1.165, 1.54) is 12.1 Å². The van der Waals surface area contributed by atoms with Crippen LogP contribution in [0.5, 0.6) is 0 Å². The van der Waals surface area contributed by atoms with E-state index in [4.69, 9.17) is 0 Å². The molecular formula is C15H18N2O5S. The average molecular weight is 338 g/mol. The van der Waals surface area contributed by atoms with Crippen molar-refractivity contribution in [3.63, 3.8) is 0 Å². The first-order chi connectivity index (χ1) is 10.8. The van der Waals surface area contributed by atoms with Crippen LogP contribution < -0.4 is 10.0 Å². The lowest BCUT2D eigenvalue weighted by atomic mass is 9.82. The smallest absolute Gasteiger partial charge is 0.307 e. The molecule has 8 heteroatoms. The number of carboxylic acid groups (broad SMARTS) is 1. The van der Waals surface area contributed by atoms with Crippen LogP contribution in [0.3, 0.4) is 0 Å². The summed E-state index contributed by atoms with van der Waals surface area (Å²) in [4.78, 5) is 23.5. The molecule has 0 bridgehead atoms. The monoisotopic (exact) mass is 338 g/mol. The zero-order valence-corrected chi connectivity index (χ0v) is 13.3. The number of sulfonamides is 1. The number of rotatable bonds is 5. The molecular weight excluding hydrogens is 320 g/mol. The largest absolute Gasteiger partial charge is 0.481 e. The maximum Gasteiger partial charge on any atom is 0.307 e. The highest BCUT2D eigenvalue weighted by molar-refractivity contribution is 7.92. The second kappa shape index (κ2) is 6.82. The van der Waals surface area contributed by atoms with E-state index in [9.17, 15) is 23.1 Å². The fraction of sp³-hybridized carbons (Fsp3) is 0.333. The molecule has 2 atom stereocenters. The standard InChI is InChI=1S/C15H18N2O5S/c1-23(21,22)17-11-8-6-10(7-9-11)16-14(18)12-4-2-3-5-13(12)15(19)20/h2-3,6-9,12-13,17H,4-5H2,1H3,(H,16,18)(H,19,20)/t12-,13+/m0/s1. The Morgan fingerprint density at radius 3 is 2.09 bits per heavy atom. The second-order valence-electron chi connectivity index (χ2n) is 5.43. The lowest BCUT2D eigenvalue weighted by molar-refractivity contribution is -0.146. The van der Waals surface area contributed by atoms with Gasteiger partial charge in [0.05, 0.1) is 18.1 Å². The topological polar surface area (TPSA) is 113 Å². The molecule has 1 aliphatic carbocycles. The molecule has 2 rings (SSSR count). The number of allylic oxidation sites excluding steroid dienone is 2. The molecule has 0 spiro atoms. The number of hydrogen-bond acceptors (Lipinski definition) is 4. The third-order valence-corrected chi connectivity index (χ3v) is 4.15. The molecule has 0 unspecified atom stereocenters. The van der Waals surface area contributed by atoms with Gasteiger partial charge in [-0.15, -0.1) is 0 Å². The highest BCUT2D eigenvalue weighted by Crippen LogP contribution is 2.27. The summed E-state index contributed by atoms with van der Waals surface area (Å²) in [5, 5.41) is 11.9. The first-order valence-electron chi connectivity index (χ1n) is 7.03. The van der Waals surface area contributed by atoms with E-state index in [2.05, 4.69) is 10.0 Å². The first-order valence-corrected chi connectivity index (χ1v) is 8.92. The molecule has 0 saturated heterocycles. The number of amides is 1. The van der Waals surface area contributed by atoms with Crippen molar-refractivity contribution in [3.8, 4) is 0 Å². The van der Waals surface area contributed by atoms with Gasteiger partial charge in [-0.25, -0.2) is 8.42 Å². The number of hydrogen-bond donors (Lipinski definition) is 3. The number of carbonyl (C=O) groups is 2. The maximum atomic E-state index is 12.3. The lowest BCUT2D eigenvalue weighted by Gasteiger charge is -2.24. The molecule has 0 saturated carbocycles. The van der Waals surface area contributed by atoms with Crippen molar-refractivity contribution in [1.82, 2.24) is 0 Å². The van der Waals surface area contributed by atoms with E-state index >= 15 is 0 Å². The van der Waals surface area contributed by atoms with Crippen LogP contribution in [0.2, 0.25) is 0 Å².